The molecule has 0 aromatic rings. The number of aliphatic carboxylic acids is 1. The molecule has 1 aliphatic rings. The zero-order valence-electron chi connectivity index (χ0n) is 10.9. The molecule has 5 atom stereocenters. The predicted molar refractivity (Wildman–Crippen MR) is 61.1 cm³/mol. The average Bonchev–Trinajstić information content (AvgIpc) is 2.37. The molecule has 0 aromatic carbocycles. The van der Waals surface area contributed by atoms with Gasteiger partial charge in [0.1, 0.15) is 19.0 Å². The zero-order valence-corrected chi connectivity index (χ0v) is 10.9. The van der Waals surface area contributed by atoms with Gasteiger partial charge in [0.05, 0.1) is 12.7 Å². The monoisotopic (exact) mass is 280 g/mol. The Bertz CT molecular complexity index is 309. The number of hydrogen-bond donors (Lipinski definition) is 4. The van der Waals surface area contributed by atoms with E-state index in [1.54, 1.807) is 6.92 Å². The standard InChI is InChI=1S/C11H20O8/c1-6-3-11(10(15)16,18-5-13)19-9(7(14)4-12)8(6)17-2/h6-9,12-14H,3-5H2,1-2H3,(H,15,16)/t6-,7-,8-,9?,11-/m1/s1. The Labute approximate surface area is 110 Å². The summed E-state index contributed by atoms with van der Waals surface area (Å²) in [5.41, 5.74) is 0. The molecule has 0 radical (unpaired) electrons. The molecule has 1 unspecified atom stereocenters. The molecule has 8 nitrogen and oxygen atoms in total. The minimum Gasteiger partial charge on any atom is -0.477 e. The third-order valence-electron chi connectivity index (χ3n) is 3.26. The molecule has 4 N–H and O–H groups in total. The summed E-state index contributed by atoms with van der Waals surface area (Å²) in [7, 11) is 1.41. The highest BCUT2D eigenvalue weighted by molar-refractivity contribution is 5.75. The van der Waals surface area contributed by atoms with Crippen molar-refractivity contribution < 1.29 is 39.4 Å². The van der Waals surface area contributed by atoms with Crippen LogP contribution in [-0.4, -0.2) is 71.0 Å². The number of rotatable bonds is 6. The first-order chi connectivity index (χ1) is 8.91. The third kappa shape index (κ3) is 3.22. The summed E-state index contributed by atoms with van der Waals surface area (Å²) < 4.78 is 15.3. The highest BCUT2D eigenvalue weighted by atomic mass is 16.8. The maximum atomic E-state index is 11.3. The van der Waals surface area contributed by atoms with Gasteiger partial charge in [-0.15, -0.1) is 0 Å². The molecule has 19 heavy (non-hydrogen) atoms. The van der Waals surface area contributed by atoms with Gasteiger partial charge in [-0.25, -0.2) is 4.79 Å². The Morgan fingerprint density at radius 1 is 1.53 bits per heavy atom. The highest BCUT2D eigenvalue weighted by Gasteiger charge is 2.53. The first-order valence-electron chi connectivity index (χ1n) is 5.89. The van der Waals surface area contributed by atoms with Crippen molar-refractivity contribution in [1.29, 1.82) is 0 Å². The normalized spacial score (nSPS) is 37.0. The number of hydrogen-bond acceptors (Lipinski definition) is 7. The van der Waals surface area contributed by atoms with Gasteiger partial charge in [-0.3, -0.25) is 0 Å². The largest absolute Gasteiger partial charge is 0.477 e. The molecule has 1 saturated heterocycles. The molecular formula is C11H20O8. The van der Waals surface area contributed by atoms with Crippen LogP contribution in [0.15, 0.2) is 0 Å². The maximum absolute atomic E-state index is 11.3. The maximum Gasteiger partial charge on any atom is 0.364 e. The van der Waals surface area contributed by atoms with Crippen LogP contribution < -0.4 is 0 Å². The number of methoxy groups -OCH3 is 1. The number of carboxylic acid groups (broad SMARTS) is 1. The Morgan fingerprint density at radius 3 is 2.58 bits per heavy atom. The molecule has 112 valence electrons. The van der Waals surface area contributed by atoms with Crippen molar-refractivity contribution in [2.75, 3.05) is 20.5 Å². The van der Waals surface area contributed by atoms with E-state index >= 15 is 0 Å². The van der Waals surface area contributed by atoms with Gasteiger partial charge in [0.25, 0.3) is 5.79 Å². The molecule has 8 heteroatoms. The third-order valence-corrected chi connectivity index (χ3v) is 3.26. The van der Waals surface area contributed by atoms with Gasteiger partial charge in [0.2, 0.25) is 0 Å². The topological polar surface area (TPSA) is 126 Å². The number of ether oxygens (including phenoxy) is 3. The molecule has 0 aromatic heterocycles. The Hall–Kier alpha value is -0.770. The van der Waals surface area contributed by atoms with Gasteiger partial charge in [0.15, 0.2) is 0 Å². The van der Waals surface area contributed by atoms with Crippen molar-refractivity contribution in [2.24, 2.45) is 5.92 Å². The van der Waals surface area contributed by atoms with E-state index in [2.05, 4.69) is 0 Å². The van der Waals surface area contributed by atoms with Crippen molar-refractivity contribution >= 4 is 5.97 Å². The average molecular weight is 280 g/mol. The molecule has 0 aliphatic carbocycles. The summed E-state index contributed by atoms with van der Waals surface area (Å²) in [5, 5.41) is 36.8. The predicted octanol–water partition coefficient (Wildman–Crippen LogP) is -1.47. The lowest BCUT2D eigenvalue weighted by atomic mass is 9.86. The van der Waals surface area contributed by atoms with Crippen molar-refractivity contribution in [3.05, 3.63) is 0 Å². The van der Waals surface area contributed by atoms with E-state index in [9.17, 15) is 15.0 Å². The van der Waals surface area contributed by atoms with Crippen molar-refractivity contribution in [1.82, 2.24) is 0 Å². The molecular weight excluding hydrogens is 260 g/mol. The first-order valence-corrected chi connectivity index (χ1v) is 5.89. The lowest BCUT2D eigenvalue weighted by Crippen LogP contribution is -2.61. The van der Waals surface area contributed by atoms with Crippen LogP contribution in [0.1, 0.15) is 13.3 Å². The van der Waals surface area contributed by atoms with E-state index in [0.717, 1.165) is 0 Å². The molecule has 0 saturated carbocycles. The number of carboxylic acids is 1. The molecule has 1 fully saturated rings. The lowest BCUT2D eigenvalue weighted by Gasteiger charge is -2.45. The molecule has 1 rings (SSSR count). The molecule has 1 aliphatic heterocycles. The van der Waals surface area contributed by atoms with Crippen molar-refractivity contribution in [2.45, 2.75) is 37.4 Å². The quantitative estimate of drug-likeness (QED) is 0.434. The number of carbonyl (C=O) groups is 1. The van der Waals surface area contributed by atoms with Crippen molar-refractivity contribution in [3.8, 4) is 0 Å². The van der Waals surface area contributed by atoms with Gasteiger partial charge >= 0.3 is 5.97 Å². The van der Waals surface area contributed by atoms with Crippen LogP contribution in [0.3, 0.4) is 0 Å². The van der Waals surface area contributed by atoms with Crippen LogP contribution in [0.4, 0.5) is 0 Å². The lowest BCUT2D eigenvalue weighted by molar-refractivity contribution is -0.331. The van der Waals surface area contributed by atoms with E-state index in [0.29, 0.717) is 0 Å². The second-order valence-corrected chi connectivity index (χ2v) is 4.55. The van der Waals surface area contributed by atoms with E-state index in [1.165, 1.54) is 7.11 Å². The second-order valence-electron chi connectivity index (χ2n) is 4.55. The fourth-order valence-electron chi connectivity index (χ4n) is 2.36. The van der Waals surface area contributed by atoms with E-state index in [-0.39, 0.29) is 12.3 Å². The molecule has 0 amide bonds. The minimum atomic E-state index is -2.05. The summed E-state index contributed by atoms with van der Waals surface area (Å²) in [6.45, 7) is 0.275. The van der Waals surface area contributed by atoms with Crippen LogP contribution in [0.25, 0.3) is 0 Å². The summed E-state index contributed by atoms with van der Waals surface area (Å²) in [6, 6.07) is 0. The zero-order chi connectivity index (χ0) is 14.6. The van der Waals surface area contributed by atoms with Gasteiger partial charge in [-0.2, -0.15) is 0 Å². The van der Waals surface area contributed by atoms with Gasteiger partial charge in [-0.1, -0.05) is 6.92 Å². The Balaban J connectivity index is 3.03. The van der Waals surface area contributed by atoms with Crippen molar-refractivity contribution in [3.63, 3.8) is 0 Å². The fraction of sp³-hybridized carbons (Fsp3) is 0.909. The van der Waals surface area contributed by atoms with Crippen LogP contribution in [-0.2, 0) is 19.0 Å². The summed E-state index contributed by atoms with van der Waals surface area (Å²) in [5.74, 6) is -3.77. The smallest absolute Gasteiger partial charge is 0.364 e. The molecule has 0 bridgehead atoms. The summed E-state index contributed by atoms with van der Waals surface area (Å²) in [4.78, 5) is 11.3. The second kappa shape index (κ2) is 6.60. The van der Waals surface area contributed by atoms with Crippen LogP contribution >= 0.6 is 0 Å². The molecule has 1 heterocycles. The first kappa shape index (κ1) is 16.3. The minimum absolute atomic E-state index is 0.0456. The van der Waals surface area contributed by atoms with Crippen LogP contribution in [0.5, 0.6) is 0 Å². The van der Waals surface area contributed by atoms with E-state index in [4.69, 9.17) is 24.4 Å². The van der Waals surface area contributed by atoms with Crippen LogP contribution in [0.2, 0.25) is 0 Å². The Kier molecular flexibility index (Phi) is 5.65. The Morgan fingerprint density at radius 2 is 2.16 bits per heavy atom. The highest BCUT2D eigenvalue weighted by Crippen LogP contribution is 2.36. The fourth-order valence-corrected chi connectivity index (χ4v) is 2.36. The van der Waals surface area contributed by atoms with E-state index in [1.807, 2.05) is 0 Å². The SMILES string of the molecule is CO[C@H]1C([C@H](O)CO)O[C@@](OCO)(C(=O)O)C[C@H]1C. The summed E-state index contributed by atoms with van der Waals surface area (Å²) >= 11 is 0. The number of aliphatic hydroxyl groups is 3. The van der Waals surface area contributed by atoms with Gasteiger partial charge in [0, 0.05) is 13.5 Å². The van der Waals surface area contributed by atoms with E-state index < -0.39 is 43.5 Å². The number of aliphatic hydroxyl groups excluding tert-OH is 3. The summed E-state index contributed by atoms with van der Waals surface area (Å²) in [6.07, 6.45) is -3.01. The van der Waals surface area contributed by atoms with Gasteiger partial charge in [-0.05, 0) is 5.92 Å². The van der Waals surface area contributed by atoms with Crippen LogP contribution in [0, 0.1) is 5.92 Å². The molecule has 0 spiro atoms. The van der Waals surface area contributed by atoms with Gasteiger partial charge < -0.3 is 34.6 Å².